The molecule has 0 aromatic carbocycles. The molecule has 0 bridgehead atoms. The van der Waals surface area contributed by atoms with Crippen LogP contribution in [-0.4, -0.2) is 28.2 Å². The number of hydrogen-bond donors (Lipinski definition) is 1. The number of hydrogen-bond acceptors (Lipinski definition) is 3. The van der Waals surface area contributed by atoms with Crippen LogP contribution in [0.4, 0.5) is 0 Å². The van der Waals surface area contributed by atoms with Crippen LogP contribution in [0.1, 0.15) is 42.8 Å². The van der Waals surface area contributed by atoms with E-state index in [2.05, 4.69) is 5.32 Å². The molecule has 0 radical (unpaired) electrons. The van der Waals surface area contributed by atoms with E-state index in [0.717, 1.165) is 5.56 Å². The molecule has 1 aromatic heterocycles. The summed E-state index contributed by atoms with van der Waals surface area (Å²) in [7, 11) is -0.918. The topological polar surface area (TPSA) is 59.3 Å². The van der Waals surface area contributed by atoms with Gasteiger partial charge in [0.25, 0.3) is 5.91 Å². The second kappa shape index (κ2) is 6.00. The molecule has 4 nitrogen and oxygen atoms in total. The minimum atomic E-state index is -0.918. The summed E-state index contributed by atoms with van der Waals surface area (Å²) < 4.78 is 16.2. The third-order valence-corrected chi connectivity index (χ3v) is 3.36. The largest absolute Gasteiger partial charge is 0.459 e. The first-order valence-corrected chi connectivity index (χ1v) is 7.32. The SMILES string of the molecule is CC(CS(C)=O)NC(=O)c1occc1C(C)C. The molecule has 5 heteroatoms. The fraction of sp³-hybridized carbons (Fsp3) is 0.583. The molecule has 1 rings (SSSR count). The van der Waals surface area contributed by atoms with E-state index >= 15 is 0 Å². The van der Waals surface area contributed by atoms with E-state index < -0.39 is 10.8 Å². The van der Waals surface area contributed by atoms with E-state index in [4.69, 9.17) is 4.42 Å². The molecule has 1 aromatic rings. The lowest BCUT2D eigenvalue weighted by molar-refractivity contribution is 0.0914. The molecule has 1 N–H and O–H groups in total. The highest BCUT2D eigenvalue weighted by Crippen LogP contribution is 2.20. The van der Waals surface area contributed by atoms with Crippen LogP contribution in [0.15, 0.2) is 16.7 Å². The average molecular weight is 257 g/mol. The highest BCUT2D eigenvalue weighted by molar-refractivity contribution is 7.84. The van der Waals surface area contributed by atoms with Gasteiger partial charge in [0, 0.05) is 34.4 Å². The number of amides is 1. The molecule has 1 amide bonds. The maximum absolute atomic E-state index is 11.9. The summed E-state index contributed by atoms with van der Waals surface area (Å²) >= 11 is 0. The lowest BCUT2D eigenvalue weighted by Crippen LogP contribution is -2.36. The molecule has 1 heterocycles. The smallest absolute Gasteiger partial charge is 0.287 e. The lowest BCUT2D eigenvalue weighted by atomic mass is 10.0. The van der Waals surface area contributed by atoms with E-state index in [-0.39, 0.29) is 17.9 Å². The van der Waals surface area contributed by atoms with E-state index in [0.29, 0.717) is 11.5 Å². The number of nitrogens with one attached hydrogen (secondary N) is 1. The first kappa shape index (κ1) is 14.0. The zero-order valence-corrected chi connectivity index (χ0v) is 11.5. The standard InChI is InChI=1S/C12H19NO3S/c1-8(2)10-5-6-16-11(10)12(14)13-9(3)7-17(4)15/h5-6,8-9H,7H2,1-4H3,(H,13,14). The van der Waals surface area contributed by atoms with Crippen molar-refractivity contribution in [1.29, 1.82) is 0 Å². The van der Waals surface area contributed by atoms with E-state index in [1.807, 2.05) is 26.8 Å². The first-order chi connectivity index (χ1) is 7.91. The average Bonchev–Trinajstić information content (AvgIpc) is 2.63. The van der Waals surface area contributed by atoms with Crippen LogP contribution >= 0.6 is 0 Å². The molecule has 0 fully saturated rings. The quantitative estimate of drug-likeness (QED) is 0.876. The molecule has 2 atom stereocenters. The van der Waals surface area contributed by atoms with E-state index in [1.54, 1.807) is 6.26 Å². The highest BCUT2D eigenvalue weighted by Gasteiger charge is 2.19. The van der Waals surface area contributed by atoms with Crippen molar-refractivity contribution >= 4 is 16.7 Å². The molecule has 0 aliphatic rings. The van der Waals surface area contributed by atoms with Gasteiger partial charge in [0.2, 0.25) is 0 Å². The molecule has 0 aliphatic heterocycles. The molecule has 0 saturated heterocycles. The minimum Gasteiger partial charge on any atom is -0.459 e. The summed E-state index contributed by atoms with van der Waals surface area (Å²) in [5, 5.41) is 2.78. The van der Waals surface area contributed by atoms with Crippen molar-refractivity contribution in [3.8, 4) is 0 Å². The molecular formula is C12H19NO3S. The van der Waals surface area contributed by atoms with Gasteiger partial charge in [-0.1, -0.05) is 13.8 Å². The molecule has 2 unspecified atom stereocenters. The van der Waals surface area contributed by atoms with Crippen LogP contribution in [0.5, 0.6) is 0 Å². The van der Waals surface area contributed by atoms with Crippen molar-refractivity contribution in [2.24, 2.45) is 0 Å². The van der Waals surface area contributed by atoms with Crippen LogP contribution in [0.25, 0.3) is 0 Å². The van der Waals surface area contributed by atoms with Crippen molar-refractivity contribution in [1.82, 2.24) is 5.32 Å². The fourth-order valence-corrected chi connectivity index (χ4v) is 2.43. The van der Waals surface area contributed by atoms with Gasteiger partial charge in [0.15, 0.2) is 5.76 Å². The van der Waals surface area contributed by atoms with Crippen LogP contribution in [0.2, 0.25) is 0 Å². The van der Waals surface area contributed by atoms with Gasteiger partial charge in [-0.2, -0.15) is 0 Å². The monoisotopic (exact) mass is 257 g/mol. The third-order valence-electron chi connectivity index (χ3n) is 2.39. The van der Waals surface area contributed by atoms with E-state index in [1.165, 1.54) is 6.26 Å². The summed E-state index contributed by atoms with van der Waals surface area (Å²) in [5.41, 5.74) is 0.896. The predicted molar refractivity (Wildman–Crippen MR) is 68.7 cm³/mol. The van der Waals surface area contributed by atoms with E-state index in [9.17, 15) is 9.00 Å². The summed E-state index contributed by atoms with van der Waals surface area (Å²) in [6.07, 6.45) is 3.14. The van der Waals surface area contributed by atoms with Crippen molar-refractivity contribution in [2.75, 3.05) is 12.0 Å². The van der Waals surface area contributed by atoms with Gasteiger partial charge in [-0.3, -0.25) is 9.00 Å². The second-order valence-corrected chi connectivity index (χ2v) is 5.95. The zero-order valence-electron chi connectivity index (χ0n) is 10.6. The van der Waals surface area contributed by atoms with Crippen molar-refractivity contribution < 1.29 is 13.4 Å². The Morgan fingerprint density at radius 1 is 1.47 bits per heavy atom. The Labute approximate surface area is 104 Å². The maximum atomic E-state index is 11.9. The first-order valence-electron chi connectivity index (χ1n) is 5.60. The van der Waals surface area contributed by atoms with Crippen LogP contribution in [0, 0.1) is 0 Å². The Kier molecular flexibility index (Phi) is 4.93. The van der Waals surface area contributed by atoms with Gasteiger partial charge in [-0.15, -0.1) is 0 Å². The van der Waals surface area contributed by atoms with Gasteiger partial charge in [-0.05, 0) is 18.9 Å². The molecular weight excluding hydrogens is 238 g/mol. The normalized spacial score (nSPS) is 14.6. The Morgan fingerprint density at radius 2 is 2.12 bits per heavy atom. The summed E-state index contributed by atoms with van der Waals surface area (Å²) in [4.78, 5) is 11.9. The Balaban J connectivity index is 2.70. The molecule has 0 spiro atoms. The van der Waals surface area contributed by atoms with Gasteiger partial charge in [-0.25, -0.2) is 0 Å². The van der Waals surface area contributed by atoms with Crippen LogP contribution in [-0.2, 0) is 10.8 Å². The van der Waals surface area contributed by atoms with Gasteiger partial charge >= 0.3 is 0 Å². The summed E-state index contributed by atoms with van der Waals surface area (Å²) in [5.74, 6) is 0.805. The molecule has 17 heavy (non-hydrogen) atoms. The Hall–Kier alpha value is -1.10. The van der Waals surface area contributed by atoms with Crippen molar-refractivity contribution in [3.63, 3.8) is 0 Å². The second-order valence-electron chi connectivity index (χ2n) is 4.47. The highest BCUT2D eigenvalue weighted by atomic mass is 32.2. The van der Waals surface area contributed by atoms with Crippen molar-refractivity contribution in [3.05, 3.63) is 23.7 Å². The van der Waals surface area contributed by atoms with Crippen LogP contribution < -0.4 is 5.32 Å². The Bertz CT molecular complexity index is 412. The minimum absolute atomic E-state index is 0.126. The summed E-state index contributed by atoms with van der Waals surface area (Å²) in [6.45, 7) is 5.84. The Morgan fingerprint density at radius 3 is 2.65 bits per heavy atom. The fourth-order valence-electron chi connectivity index (χ4n) is 1.64. The van der Waals surface area contributed by atoms with Gasteiger partial charge < -0.3 is 9.73 Å². The number of carbonyl (C=O) groups excluding carboxylic acids is 1. The molecule has 96 valence electrons. The molecule has 0 saturated carbocycles. The van der Waals surface area contributed by atoms with Crippen LogP contribution in [0.3, 0.4) is 0 Å². The number of rotatable bonds is 5. The lowest BCUT2D eigenvalue weighted by Gasteiger charge is -2.12. The molecule has 0 aliphatic carbocycles. The predicted octanol–water partition coefficient (Wildman–Crippen LogP) is 1.90. The zero-order chi connectivity index (χ0) is 13.0. The van der Waals surface area contributed by atoms with Gasteiger partial charge in [0.1, 0.15) is 0 Å². The van der Waals surface area contributed by atoms with Gasteiger partial charge in [0.05, 0.1) is 6.26 Å². The summed E-state index contributed by atoms with van der Waals surface area (Å²) in [6, 6.07) is 1.68. The van der Waals surface area contributed by atoms with Crippen molar-refractivity contribution in [2.45, 2.75) is 32.7 Å². The third kappa shape index (κ3) is 4.00. The maximum Gasteiger partial charge on any atom is 0.287 e. The number of carbonyl (C=O) groups is 1. The number of furan rings is 1.